The van der Waals surface area contributed by atoms with Gasteiger partial charge in [-0.15, -0.1) is 0 Å². The third-order valence-electron chi connectivity index (χ3n) is 0.945. The summed E-state index contributed by atoms with van der Waals surface area (Å²) in [5.74, 6) is -0.637. The van der Waals surface area contributed by atoms with Gasteiger partial charge in [-0.3, -0.25) is 0 Å². The van der Waals surface area contributed by atoms with Crippen LogP contribution in [-0.2, 0) is 9.53 Å². The van der Waals surface area contributed by atoms with E-state index in [1.807, 2.05) is 0 Å². The Balaban J connectivity index is 4.03. The Bertz CT molecular complexity index is 154. The van der Waals surface area contributed by atoms with Crippen molar-refractivity contribution in [1.82, 2.24) is 0 Å². The van der Waals surface area contributed by atoms with E-state index in [0.717, 1.165) is 6.08 Å². The van der Waals surface area contributed by atoms with E-state index in [2.05, 4.69) is 4.74 Å². The zero-order chi connectivity index (χ0) is 8.15. The van der Waals surface area contributed by atoms with Crippen molar-refractivity contribution in [2.24, 2.45) is 5.73 Å². The molecule has 10 heavy (non-hydrogen) atoms. The summed E-state index contributed by atoms with van der Waals surface area (Å²) in [6.45, 7) is 1.24. The van der Waals surface area contributed by atoms with Crippen LogP contribution >= 0.6 is 0 Å². The fourth-order valence-corrected chi connectivity index (χ4v) is 0.310. The number of allylic oxidation sites excluding steroid dienone is 1. The monoisotopic (exact) mass is 147 g/mol. The molecule has 0 aromatic carbocycles. The molecule has 0 amide bonds. The van der Waals surface area contributed by atoms with Gasteiger partial charge in [-0.05, 0) is 6.92 Å². The maximum Gasteiger partial charge on any atom is 0.332 e. The number of methoxy groups -OCH3 is 1. The number of carbonyl (C=O) groups excluding carboxylic acids is 1. The summed E-state index contributed by atoms with van der Waals surface area (Å²) in [6.07, 6.45) is -0.385. The van der Waals surface area contributed by atoms with E-state index >= 15 is 0 Å². The molecule has 1 atom stereocenters. The second-order valence-electron chi connectivity index (χ2n) is 1.78. The van der Waals surface area contributed by atoms with Gasteiger partial charge in [0.15, 0.2) is 0 Å². The Kier molecular flexibility index (Phi) is 3.46. The van der Waals surface area contributed by atoms with Crippen molar-refractivity contribution in [3.05, 3.63) is 11.8 Å². The van der Waals surface area contributed by atoms with E-state index in [-0.39, 0.29) is 5.70 Å². The Morgan fingerprint density at radius 1 is 1.80 bits per heavy atom. The molecule has 0 aliphatic carbocycles. The number of alkyl halides is 1. The number of rotatable bonds is 2. The number of esters is 1. The zero-order valence-electron chi connectivity index (χ0n) is 5.93. The van der Waals surface area contributed by atoms with Gasteiger partial charge in [0.2, 0.25) is 0 Å². The number of nitrogens with two attached hydrogens (primary N) is 1. The molecule has 0 radical (unpaired) electrons. The van der Waals surface area contributed by atoms with Gasteiger partial charge in [-0.2, -0.15) is 0 Å². The molecule has 0 spiro atoms. The Hall–Kier alpha value is -1.06. The highest BCUT2D eigenvalue weighted by molar-refractivity contribution is 5.82. The Labute approximate surface area is 58.7 Å². The third kappa shape index (κ3) is 3.06. The first-order chi connectivity index (χ1) is 4.57. The molecule has 0 aromatic heterocycles. The maximum atomic E-state index is 12.2. The largest absolute Gasteiger partial charge is 0.466 e. The van der Waals surface area contributed by atoms with Gasteiger partial charge in [-0.1, -0.05) is 0 Å². The van der Waals surface area contributed by atoms with Crippen LogP contribution in [0.2, 0.25) is 0 Å². The average Bonchev–Trinajstić information content (AvgIpc) is 1.87. The summed E-state index contributed by atoms with van der Waals surface area (Å²) in [5.41, 5.74) is 4.96. The molecule has 0 heterocycles. The minimum Gasteiger partial charge on any atom is -0.466 e. The number of hydrogen-bond donors (Lipinski definition) is 1. The molecule has 0 aromatic rings. The highest BCUT2D eigenvalue weighted by Crippen LogP contribution is 1.97. The first kappa shape index (κ1) is 8.94. The Morgan fingerprint density at radius 2 is 2.30 bits per heavy atom. The van der Waals surface area contributed by atoms with Gasteiger partial charge in [0.1, 0.15) is 6.17 Å². The number of carbonyl (C=O) groups is 1. The SMILES string of the molecule is COC(=O)/C=C(\N)C(C)F. The van der Waals surface area contributed by atoms with Gasteiger partial charge < -0.3 is 10.5 Å². The number of halogens is 1. The van der Waals surface area contributed by atoms with Crippen molar-refractivity contribution in [1.29, 1.82) is 0 Å². The standard InChI is InChI=1S/C6H10FNO2/c1-4(7)5(8)3-6(9)10-2/h3-4H,8H2,1-2H3/b5-3-. The van der Waals surface area contributed by atoms with E-state index in [1.54, 1.807) is 0 Å². The van der Waals surface area contributed by atoms with Crippen molar-refractivity contribution in [2.75, 3.05) is 7.11 Å². The lowest BCUT2D eigenvalue weighted by Gasteiger charge is -1.99. The summed E-state index contributed by atoms with van der Waals surface area (Å²) < 4.78 is 16.4. The number of ether oxygens (including phenoxy) is 1. The van der Waals surface area contributed by atoms with Crippen molar-refractivity contribution in [3.8, 4) is 0 Å². The first-order valence-corrected chi connectivity index (χ1v) is 2.77. The fraction of sp³-hybridized carbons (Fsp3) is 0.500. The summed E-state index contributed by atoms with van der Waals surface area (Å²) in [4.78, 5) is 10.4. The van der Waals surface area contributed by atoms with Crippen LogP contribution in [0.1, 0.15) is 6.92 Å². The van der Waals surface area contributed by atoms with Gasteiger partial charge in [0.25, 0.3) is 0 Å². The molecule has 0 saturated heterocycles. The molecule has 4 heteroatoms. The molecule has 0 rings (SSSR count). The van der Waals surface area contributed by atoms with E-state index in [0.29, 0.717) is 0 Å². The van der Waals surface area contributed by atoms with Crippen molar-refractivity contribution >= 4 is 5.97 Å². The molecule has 0 bridgehead atoms. The quantitative estimate of drug-likeness (QED) is 0.453. The lowest BCUT2D eigenvalue weighted by atomic mass is 10.3. The summed E-state index contributed by atoms with van der Waals surface area (Å²) in [5, 5.41) is 0. The molecule has 0 fully saturated rings. The first-order valence-electron chi connectivity index (χ1n) is 2.77. The molecule has 3 nitrogen and oxygen atoms in total. The van der Waals surface area contributed by atoms with E-state index in [4.69, 9.17) is 5.73 Å². The predicted molar refractivity (Wildman–Crippen MR) is 34.9 cm³/mol. The molecular weight excluding hydrogens is 137 g/mol. The molecule has 1 unspecified atom stereocenters. The normalized spacial score (nSPS) is 14.5. The van der Waals surface area contributed by atoms with Crippen LogP contribution in [0.3, 0.4) is 0 Å². The summed E-state index contributed by atoms with van der Waals surface area (Å²) in [7, 11) is 1.20. The van der Waals surface area contributed by atoms with Gasteiger partial charge in [-0.25, -0.2) is 9.18 Å². The summed E-state index contributed by atoms with van der Waals surface area (Å²) in [6, 6.07) is 0. The highest BCUT2D eigenvalue weighted by Gasteiger charge is 2.03. The molecule has 0 saturated carbocycles. The van der Waals surface area contributed by atoms with Gasteiger partial charge in [0, 0.05) is 11.8 Å². The van der Waals surface area contributed by atoms with Crippen LogP contribution in [0.15, 0.2) is 11.8 Å². The van der Waals surface area contributed by atoms with Crippen molar-refractivity contribution in [2.45, 2.75) is 13.1 Å². The molecular formula is C6H10FNO2. The highest BCUT2D eigenvalue weighted by atomic mass is 19.1. The fourth-order valence-electron chi connectivity index (χ4n) is 0.310. The smallest absolute Gasteiger partial charge is 0.332 e. The second-order valence-corrected chi connectivity index (χ2v) is 1.78. The topological polar surface area (TPSA) is 52.3 Å². The van der Waals surface area contributed by atoms with Crippen LogP contribution in [0.4, 0.5) is 4.39 Å². The molecule has 0 aliphatic heterocycles. The molecule has 2 N–H and O–H groups in total. The van der Waals surface area contributed by atoms with Crippen LogP contribution < -0.4 is 5.73 Å². The third-order valence-corrected chi connectivity index (χ3v) is 0.945. The van der Waals surface area contributed by atoms with Crippen LogP contribution in [0.5, 0.6) is 0 Å². The van der Waals surface area contributed by atoms with Crippen molar-refractivity contribution in [3.63, 3.8) is 0 Å². The minimum atomic E-state index is -1.31. The van der Waals surface area contributed by atoms with Crippen LogP contribution in [-0.4, -0.2) is 19.3 Å². The van der Waals surface area contributed by atoms with Crippen LogP contribution in [0, 0.1) is 0 Å². The maximum absolute atomic E-state index is 12.2. The van der Waals surface area contributed by atoms with Gasteiger partial charge >= 0.3 is 5.97 Å². The molecule has 0 aliphatic rings. The van der Waals surface area contributed by atoms with E-state index in [9.17, 15) is 9.18 Å². The summed E-state index contributed by atoms with van der Waals surface area (Å²) >= 11 is 0. The van der Waals surface area contributed by atoms with Crippen LogP contribution in [0.25, 0.3) is 0 Å². The predicted octanol–water partition coefficient (Wildman–Crippen LogP) is 0.360. The van der Waals surface area contributed by atoms with E-state index in [1.165, 1.54) is 14.0 Å². The molecule has 58 valence electrons. The number of hydrogen-bond acceptors (Lipinski definition) is 3. The van der Waals surface area contributed by atoms with E-state index < -0.39 is 12.1 Å². The van der Waals surface area contributed by atoms with Crippen molar-refractivity contribution < 1.29 is 13.9 Å². The lowest BCUT2D eigenvalue weighted by Crippen LogP contribution is -2.11. The average molecular weight is 147 g/mol. The zero-order valence-corrected chi connectivity index (χ0v) is 5.93. The lowest BCUT2D eigenvalue weighted by molar-refractivity contribution is -0.134. The van der Waals surface area contributed by atoms with Gasteiger partial charge in [0.05, 0.1) is 7.11 Å². The minimum absolute atomic E-state index is 0.119. The Morgan fingerprint density at radius 3 is 2.60 bits per heavy atom. The second kappa shape index (κ2) is 3.87.